The minimum Gasteiger partial charge on any atom is -0.368 e. The van der Waals surface area contributed by atoms with Crippen molar-refractivity contribution >= 4 is 39.0 Å². The third-order valence-corrected chi connectivity index (χ3v) is 6.32. The Balaban J connectivity index is 1.57. The van der Waals surface area contributed by atoms with E-state index in [2.05, 4.69) is 34.5 Å². The Morgan fingerprint density at radius 2 is 1.76 bits per heavy atom. The van der Waals surface area contributed by atoms with Crippen LogP contribution in [0.5, 0.6) is 0 Å². The molecule has 0 spiro atoms. The number of nitrogens with one attached hydrogen (secondary N) is 1. The van der Waals surface area contributed by atoms with Crippen LogP contribution in [0.3, 0.4) is 0 Å². The number of piperazine rings is 1. The number of fused-ring (bicyclic) bond motifs is 5. The van der Waals surface area contributed by atoms with E-state index in [4.69, 9.17) is 16.6 Å². The van der Waals surface area contributed by atoms with E-state index in [1.54, 1.807) is 10.6 Å². The molecule has 3 aromatic carbocycles. The summed E-state index contributed by atoms with van der Waals surface area (Å²) in [6.45, 7) is 4.19. The largest absolute Gasteiger partial charge is 0.368 e. The molecule has 1 saturated heterocycles. The first kappa shape index (κ1) is 17.0. The molecule has 1 fully saturated rings. The molecule has 6 rings (SSSR count). The molecule has 3 heterocycles. The monoisotopic (exact) mass is 402 g/mol. The Morgan fingerprint density at radius 3 is 2.55 bits per heavy atom. The van der Waals surface area contributed by atoms with Crippen LogP contribution in [-0.2, 0) is 6.54 Å². The minimum atomic E-state index is -0.0287. The zero-order chi connectivity index (χ0) is 19.5. The highest BCUT2D eigenvalue weighted by atomic mass is 35.5. The first-order valence-corrected chi connectivity index (χ1v) is 10.3. The number of benzene rings is 3. The summed E-state index contributed by atoms with van der Waals surface area (Å²) < 4.78 is 1.77. The molecule has 0 unspecified atom stereocenters. The van der Waals surface area contributed by atoms with Crippen molar-refractivity contribution in [2.45, 2.75) is 6.54 Å². The maximum Gasteiger partial charge on any atom is 0.262 e. The summed E-state index contributed by atoms with van der Waals surface area (Å²) in [7, 11) is 0. The molecule has 2 aliphatic rings. The molecule has 6 heteroatoms. The first-order chi connectivity index (χ1) is 14.2. The molecule has 144 valence electrons. The molecule has 2 aliphatic heterocycles. The molecular formula is C23H19ClN4O. The Labute approximate surface area is 172 Å². The van der Waals surface area contributed by atoms with Gasteiger partial charge in [0.15, 0.2) is 0 Å². The Morgan fingerprint density at radius 1 is 1.00 bits per heavy atom. The maximum atomic E-state index is 13.3. The van der Waals surface area contributed by atoms with Crippen molar-refractivity contribution < 1.29 is 0 Å². The van der Waals surface area contributed by atoms with Gasteiger partial charge in [-0.2, -0.15) is 0 Å². The lowest BCUT2D eigenvalue weighted by Crippen LogP contribution is -2.43. The van der Waals surface area contributed by atoms with Gasteiger partial charge in [0.25, 0.3) is 5.56 Å². The fourth-order valence-corrected chi connectivity index (χ4v) is 4.81. The van der Waals surface area contributed by atoms with E-state index in [1.165, 1.54) is 5.39 Å². The fourth-order valence-electron chi connectivity index (χ4n) is 4.53. The van der Waals surface area contributed by atoms with Crippen LogP contribution in [0.2, 0.25) is 5.02 Å². The third kappa shape index (κ3) is 2.58. The van der Waals surface area contributed by atoms with Gasteiger partial charge in [-0.25, -0.2) is 4.98 Å². The fraction of sp³-hybridized carbons (Fsp3) is 0.217. The minimum absolute atomic E-state index is 0.0287. The van der Waals surface area contributed by atoms with Gasteiger partial charge in [0, 0.05) is 31.7 Å². The van der Waals surface area contributed by atoms with Crippen LogP contribution in [0.1, 0.15) is 5.56 Å². The van der Waals surface area contributed by atoms with E-state index < -0.39 is 0 Å². The van der Waals surface area contributed by atoms with Crippen LogP contribution in [0.15, 0.2) is 53.3 Å². The molecule has 1 aromatic heterocycles. The van der Waals surface area contributed by atoms with Crippen LogP contribution < -0.4 is 15.8 Å². The molecule has 1 N–H and O–H groups in total. The molecule has 0 atom stereocenters. The zero-order valence-electron chi connectivity index (χ0n) is 15.8. The lowest BCUT2D eigenvalue weighted by atomic mass is 10.0. The number of anilines is 1. The molecule has 4 aromatic rings. The van der Waals surface area contributed by atoms with E-state index in [-0.39, 0.29) is 5.56 Å². The topological polar surface area (TPSA) is 50.2 Å². The van der Waals surface area contributed by atoms with Crippen LogP contribution in [-0.4, -0.2) is 35.7 Å². The molecule has 0 bridgehead atoms. The predicted octanol–water partition coefficient (Wildman–Crippen LogP) is 3.64. The highest BCUT2D eigenvalue weighted by Gasteiger charge is 2.24. The maximum absolute atomic E-state index is 13.3. The number of halogens is 1. The average Bonchev–Trinajstić information content (AvgIpc) is 3.11. The third-order valence-electron chi connectivity index (χ3n) is 6.02. The Kier molecular flexibility index (Phi) is 3.70. The first-order valence-electron chi connectivity index (χ1n) is 9.91. The zero-order valence-corrected chi connectivity index (χ0v) is 16.5. The van der Waals surface area contributed by atoms with Crippen molar-refractivity contribution in [1.29, 1.82) is 0 Å². The standard InChI is InChI=1S/C23H19ClN4O/c24-19-11-18-20(12-21(19)27-7-5-25-6-8-27)26-22-17-10-15-4-2-1-3-14(15)9-16(17)13-28(22)23(18)29/h1-4,9-12,25H,5-8,13H2. The van der Waals surface area contributed by atoms with Gasteiger partial charge in [0.2, 0.25) is 0 Å². The van der Waals surface area contributed by atoms with Crippen molar-refractivity contribution in [2.24, 2.45) is 0 Å². The number of rotatable bonds is 1. The summed E-state index contributed by atoms with van der Waals surface area (Å²) in [5, 5.41) is 6.89. The van der Waals surface area contributed by atoms with Gasteiger partial charge in [-0.15, -0.1) is 0 Å². The van der Waals surface area contributed by atoms with Crippen molar-refractivity contribution in [3.05, 3.63) is 69.5 Å². The molecule has 0 aliphatic carbocycles. The quantitative estimate of drug-likeness (QED) is 0.465. The molecule has 0 radical (unpaired) electrons. The van der Waals surface area contributed by atoms with Gasteiger partial charge in [0.05, 0.1) is 28.2 Å². The Bertz CT molecular complexity index is 1350. The summed E-state index contributed by atoms with van der Waals surface area (Å²) in [5.74, 6) is 0.747. The van der Waals surface area contributed by atoms with Crippen molar-refractivity contribution in [1.82, 2.24) is 14.9 Å². The second-order valence-corrected chi connectivity index (χ2v) is 8.15. The summed E-state index contributed by atoms with van der Waals surface area (Å²) >= 11 is 6.58. The van der Waals surface area contributed by atoms with E-state index in [0.29, 0.717) is 22.5 Å². The van der Waals surface area contributed by atoms with Gasteiger partial charge in [-0.05, 0) is 40.6 Å². The molecule has 0 amide bonds. The number of hydrogen-bond acceptors (Lipinski definition) is 4. The summed E-state index contributed by atoms with van der Waals surface area (Å²) in [5.41, 5.74) is 3.81. The van der Waals surface area contributed by atoms with Gasteiger partial charge >= 0.3 is 0 Å². The normalized spacial score (nSPS) is 15.7. The SMILES string of the molecule is O=c1c2cc(Cl)c(N3CCNCC3)cc2nc2n1Cc1cc3ccccc3cc1-2. The van der Waals surface area contributed by atoms with E-state index in [1.807, 2.05) is 18.2 Å². The van der Waals surface area contributed by atoms with Crippen LogP contribution in [0.25, 0.3) is 33.1 Å². The van der Waals surface area contributed by atoms with Crippen molar-refractivity contribution in [2.75, 3.05) is 31.1 Å². The summed E-state index contributed by atoms with van der Waals surface area (Å²) in [6.07, 6.45) is 0. The second-order valence-electron chi connectivity index (χ2n) is 7.74. The summed E-state index contributed by atoms with van der Waals surface area (Å²) in [4.78, 5) is 20.4. The van der Waals surface area contributed by atoms with Crippen molar-refractivity contribution in [3.63, 3.8) is 0 Å². The van der Waals surface area contributed by atoms with E-state index in [0.717, 1.165) is 54.2 Å². The highest BCUT2D eigenvalue weighted by Crippen LogP contribution is 2.35. The average molecular weight is 403 g/mol. The molecule has 5 nitrogen and oxygen atoms in total. The smallest absolute Gasteiger partial charge is 0.262 e. The summed E-state index contributed by atoms with van der Waals surface area (Å²) in [6, 6.07) is 16.4. The highest BCUT2D eigenvalue weighted by molar-refractivity contribution is 6.34. The van der Waals surface area contributed by atoms with Gasteiger partial charge in [0.1, 0.15) is 5.82 Å². The van der Waals surface area contributed by atoms with E-state index >= 15 is 0 Å². The predicted molar refractivity (Wildman–Crippen MR) is 118 cm³/mol. The lowest BCUT2D eigenvalue weighted by Gasteiger charge is -2.30. The van der Waals surface area contributed by atoms with Crippen molar-refractivity contribution in [3.8, 4) is 11.4 Å². The van der Waals surface area contributed by atoms with Gasteiger partial charge < -0.3 is 10.2 Å². The van der Waals surface area contributed by atoms with E-state index in [9.17, 15) is 4.79 Å². The van der Waals surface area contributed by atoms with Gasteiger partial charge in [-0.3, -0.25) is 9.36 Å². The molecular weight excluding hydrogens is 384 g/mol. The second kappa shape index (κ2) is 6.31. The number of nitrogens with zero attached hydrogens (tertiary/aromatic N) is 3. The van der Waals surface area contributed by atoms with Crippen LogP contribution in [0, 0.1) is 0 Å². The Hall–Kier alpha value is -2.89. The van der Waals surface area contributed by atoms with Crippen LogP contribution >= 0.6 is 11.6 Å². The van der Waals surface area contributed by atoms with Gasteiger partial charge in [-0.1, -0.05) is 35.9 Å². The van der Waals surface area contributed by atoms with Crippen LogP contribution in [0.4, 0.5) is 5.69 Å². The number of hydrogen-bond donors (Lipinski definition) is 1. The molecule has 0 saturated carbocycles. The lowest BCUT2D eigenvalue weighted by molar-refractivity contribution is 0.589. The molecule has 29 heavy (non-hydrogen) atoms. The number of aromatic nitrogens is 2.